The average molecular weight is 541 g/mol. The molecule has 0 bridgehead atoms. The summed E-state index contributed by atoms with van der Waals surface area (Å²) in [5, 5.41) is 15.3. The topological polar surface area (TPSA) is 79.6 Å². The van der Waals surface area contributed by atoms with Crippen molar-refractivity contribution < 1.29 is 4.74 Å². The van der Waals surface area contributed by atoms with Gasteiger partial charge in [-0.15, -0.1) is 34.2 Å². The molecule has 1 aromatic heterocycles. The molecule has 1 aliphatic heterocycles. The Morgan fingerprint density at radius 2 is 1.90 bits per heavy atom. The number of hydrogen-bond donors (Lipinski definition) is 2. The quantitative estimate of drug-likeness (QED) is 0.231. The van der Waals surface area contributed by atoms with E-state index < -0.39 is 0 Å². The highest BCUT2D eigenvalue weighted by Crippen LogP contribution is 2.11. The van der Waals surface area contributed by atoms with Crippen LogP contribution in [0.2, 0.25) is 0 Å². The number of rotatable bonds is 8. The molecule has 1 fully saturated rings. The maximum atomic E-state index is 5.42. The molecular weight excluding hydrogens is 505 g/mol. The summed E-state index contributed by atoms with van der Waals surface area (Å²) in [6.45, 7) is 13.1. The maximum Gasteiger partial charge on any atom is 0.191 e. The zero-order valence-electron chi connectivity index (χ0n) is 19.1. The van der Waals surface area contributed by atoms with Gasteiger partial charge in [-0.05, 0) is 44.9 Å². The van der Waals surface area contributed by atoms with Gasteiger partial charge in [0.2, 0.25) is 0 Å². The van der Waals surface area contributed by atoms with Crippen molar-refractivity contribution in [2.24, 2.45) is 12.0 Å². The number of nitrogens with zero attached hydrogens (tertiary/aromatic N) is 5. The van der Waals surface area contributed by atoms with Gasteiger partial charge in [-0.1, -0.05) is 23.8 Å². The lowest BCUT2D eigenvalue weighted by atomic mass is 10.1. The highest BCUT2D eigenvalue weighted by Gasteiger charge is 2.10. The minimum atomic E-state index is 0. The molecule has 31 heavy (non-hydrogen) atoms. The standard InChI is InChI=1S/C22H35N7O.HI/c1-17-6-7-20(18(2)14-17)15-24-22(25-16-21-27-26-19(3)28(21)4)23-8-5-9-29-10-12-30-13-11-29;/h6-7,14H,5,8-13,15-16H2,1-4H3,(H2,23,24,25);1H. The van der Waals surface area contributed by atoms with Crippen LogP contribution in [0.15, 0.2) is 23.2 Å². The molecule has 1 aliphatic rings. The van der Waals surface area contributed by atoms with E-state index in [9.17, 15) is 0 Å². The van der Waals surface area contributed by atoms with Gasteiger partial charge in [0.1, 0.15) is 5.82 Å². The molecule has 2 aromatic rings. The molecular formula is C22H36IN7O. The third-order valence-corrected chi connectivity index (χ3v) is 5.55. The third kappa shape index (κ3) is 8.04. The van der Waals surface area contributed by atoms with Gasteiger partial charge < -0.3 is 19.9 Å². The Morgan fingerprint density at radius 3 is 2.58 bits per heavy atom. The highest BCUT2D eigenvalue weighted by molar-refractivity contribution is 14.0. The molecule has 2 heterocycles. The second-order valence-corrected chi connectivity index (χ2v) is 7.91. The van der Waals surface area contributed by atoms with E-state index in [-0.39, 0.29) is 24.0 Å². The Kier molecular flexibility index (Phi) is 10.7. The molecule has 0 atom stereocenters. The van der Waals surface area contributed by atoms with Gasteiger partial charge in [-0.25, -0.2) is 4.99 Å². The Morgan fingerprint density at radius 1 is 1.13 bits per heavy atom. The fourth-order valence-corrected chi connectivity index (χ4v) is 3.46. The molecule has 172 valence electrons. The summed E-state index contributed by atoms with van der Waals surface area (Å²) in [5.74, 6) is 2.60. The minimum Gasteiger partial charge on any atom is -0.379 e. The van der Waals surface area contributed by atoms with Gasteiger partial charge in [0, 0.05) is 26.7 Å². The monoisotopic (exact) mass is 541 g/mol. The van der Waals surface area contributed by atoms with Gasteiger partial charge in [0.05, 0.1) is 26.3 Å². The number of benzene rings is 1. The molecule has 0 saturated carbocycles. The summed E-state index contributed by atoms with van der Waals surface area (Å²) in [6.07, 6.45) is 1.06. The molecule has 0 radical (unpaired) electrons. The van der Waals surface area contributed by atoms with E-state index in [1.54, 1.807) is 0 Å². The number of aryl methyl sites for hydroxylation is 3. The first kappa shape index (κ1) is 25.5. The first-order valence-electron chi connectivity index (χ1n) is 10.8. The summed E-state index contributed by atoms with van der Waals surface area (Å²) >= 11 is 0. The molecule has 3 rings (SSSR count). The molecule has 1 saturated heterocycles. The second-order valence-electron chi connectivity index (χ2n) is 7.91. The van der Waals surface area contributed by atoms with Crippen LogP contribution in [0.3, 0.4) is 0 Å². The van der Waals surface area contributed by atoms with Crippen LogP contribution >= 0.6 is 24.0 Å². The molecule has 8 nitrogen and oxygen atoms in total. The largest absolute Gasteiger partial charge is 0.379 e. The van der Waals surface area contributed by atoms with Crippen LogP contribution < -0.4 is 10.6 Å². The van der Waals surface area contributed by atoms with Crippen LogP contribution in [0.1, 0.15) is 34.8 Å². The van der Waals surface area contributed by atoms with E-state index in [4.69, 9.17) is 9.73 Å². The highest BCUT2D eigenvalue weighted by atomic mass is 127. The summed E-state index contributed by atoms with van der Waals surface area (Å²) in [5.41, 5.74) is 3.79. The Balaban J connectivity index is 0.00000341. The maximum absolute atomic E-state index is 5.42. The normalized spacial score (nSPS) is 14.9. The van der Waals surface area contributed by atoms with E-state index in [0.29, 0.717) is 13.1 Å². The zero-order valence-corrected chi connectivity index (χ0v) is 21.5. The van der Waals surface area contributed by atoms with E-state index >= 15 is 0 Å². The number of morpholine rings is 1. The van der Waals surface area contributed by atoms with Crippen molar-refractivity contribution in [3.63, 3.8) is 0 Å². The van der Waals surface area contributed by atoms with E-state index in [1.807, 2.05) is 18.5 Å². The van der Waals surface area contributed by atoms with E-state index in [0.717, 1.165) is 63.4 Å². The predicted molar refractivity (Wildman–Crippen MR) is 135 cm³/mol. The van der Waals surface area contributed by atoms with Crippen LogP contribution in [0.25, 0.3) is 0 Å². The summed E-state index contributed by atoms with van der Waals surface area (Å²) in [6, 6.07) is 6.51. The van der Waals surface area contributed by atoms with Crippen LogP contribution in [0.5, 0.6) is 0 Å². The van der Waals surface area contributed by atoms with Crippen LogP contribution in [0.4, 0.5) is 0 Å². The average Bonchev–Trinajstić information content (AvgIpc) is 3.06. The van der Waals surface area contributed by atoms with E-state index in [1.165, 1.54) is 16.7 Å². The zero-order chi connectivity index (χ0) is 21.3. The number of hydrogen-bond acceptors (Lipinski definition) is 5. The molecule has 9 heteroatoms. The van der Waals surface area contributed by atoms with Gasteiger partial charge in [0.15, 0.2) is 11.8 Å². The van der Waals surface area contributed by atoms with Gasteiger partial charge in [-0.3, -0.25) is 4.90 Å². The number of aliphatic imine (C=N–C) groups is 1. The summed E-state index contributed by atoms with van der Waals surface area (Å²) in [4.78, 5) is 7.28. The molecule has 0 amide bonds. The fraction of sp³-hybridized carbons (Fsp3) is 0.591. The smallest absolute Gasteiger partial charge is 0.191 e. The Labute approximate surface area is 202 Å². The predicted octanol–water partition coefficient (Wildman–Crippen LogP) is 2.32. The van der Waals surface area contributed by atoms with Crippen LogP contribution in [-0.4, -0.2) is 65.0 Å². The third-order valence-electron chi connectivity index (χ3n) is 5.55. The number of aromatic nitrogens is 3. The van der Waals surface area contributed by atoms with Crippen molar-refractivity contribution in [3.8, 4) is 0 Å². The lowest BCUT2D eigenvalue weighted by Crippen LogP contribution is -2.40. The minimum absolute atomic E-state index is 0. The lowest BCUT2D eigenvalue weighted by molar-refractivity contribution is 0.0376. The van der Waals surface area contributed by atoms with Crippen molar-refractivity contribution >= 4 is 29.9 Å². The number of guanidine groups is 1. The number of nitrogens with one attached hydrogen (secondary N) is 2. The van der Waals surface area contributed by atoms with Crippen molar-refractivity contribution in [2.45, 2.75) is 40.3 Å². The SMILES string of the molecule is Cc1ccc(CN=C(NCCCN2CCOCC2)NCc2nnc(C)n2C)c(C)c1.I. The molecule has 2 N–H and O–H groups in total. The molecule has 0 spiro atoms. The Bertz CT molecular complexity index is 846. The lowest BCUT2D eigenvalue weighted by Gasteiger charge is -2.26. The number of halogens is 1. The van der Waals surface area contributed by atoms with Crippen molar-refractivity contribution in [1.29, 1.82) is 0 Å². The van der Waals surface area contributed by atoms with Crippen molar-refractivity contribution in [3.05, 3.63) is 46.5 Å². The van der Waals surface area contributed by atoms with Gasteiger partial charge in [0.25, 0.3) is 0 Å². The van der Waals surface area contributed by atoms with Crippen LogP contribution in [-0.2, 0) is 24.9 Å². The second kappa shape index (κ2) is 13.0. The Hall–Kier alpha value is -1.72. The van der Waals surface area contributed by atoms with E-state index in [2.05, 4.69) is 57.8 Å². The van der Waals surface area contributed by atoms with Crippen molar-refractivity contribution in [1.82, 2.24) is 30.3 Å². The fourth-order valence-electron chi connectivity index (χ4n) is 3.46. The first-order chi connectivity index (χ1) is 14.5. The summed E-state index contributed by atoms with van der Waals surface area (Å²) < 4.78 is 7.41. The summed E-state index contributed by atoms with van der Waals surface area (Å²) in [7, 11) is 1.98. The number of ether oxygens (including phenoxy) is 1. The van der Waals surface area contributed by atoms with Crippen molar-refractivity contribution in [2.75, 3.05) is 39.4 Å². The molecule has 1 aromatic carbocycles. The molecule has 0 unspecified atom stereocenters. The van der Waals surface area contributed by atoms with Crippen LogP contribution in [0, 0.1) is 20.8 Å². The van der Waals surface area contributed by atoms with Gasteiger partial charge >= 0.3 is 0 Å². The first-order valence-corrected chi connectivity index (χ1v) is 10.8. The van der Waals surface area contributed by atoms with Gasteiger partial charge in [-0.2, -0.15) is 0 Å². The molecule has 0 aliphatic carbocycles.